The summed E-state index contributed by atoms with van der Waals surface area (Å²) in [6, 6.07) is 7.13. The molecular weight excluding hydrogens is 320 g/mol. The van der Waals surface area contributed by atoms with Gasteiger partial charge in [0.25, 0.3) is 11.8 Å². The lowest BCUT2D eigenvalue weighted by atomic mass is 10.1. The predicted molar refractivity (Wildman–Crippen MR) is 94.4 cm³/mol. The summed E-state index contributed by atoms with van der Waals surface area (Å²) in [5.74, 6) is 0.246. The summed E-state index contributed by atoms with van der Waals surface area (Å²) in [7, 11) is 1.80. The van der Waals surface area contributed by atoms with Gasteiger partial charge in [-0.15, -0.1) is 0 Å². The van der Waals surface area contributed by atoms with Crippen LogP contribution in [0.15, 0.2) is 30.5 Å². The van der Waals surface area contributed by atoms with Crippen LogP contribution in [0.25, 0.3) is 0 Å². The quantitative estimate of drug-likeness (QED) is 0.801. The predicted octanol–water partition coefficient (Wildman–Crippen LogP) is 1.73. The zero-order chi connectivity index (χ0) is 18.4. The van der Waals surface area contributed by atoms with Gasteiger partial charge in [-0.05, 0) is 38.5 Å². The van der Waals surface area contributed by atoms with Crippen LogP contribution in [0, 0.1) is 6.92 Å². The Morgan fingerprint density at radius 3 is 2.76 bits per heavy atom. The average molecular weight is 344 g/mol. The molecule has 1 aromatic carbocycles. The van der Waals surface area contributed by atoms with Gasteiger partial charge in [0, 0.05) is 19.3 Å². The van der Waals surface area contributed by atoms with Crippen LogP contribution in [0.4, 0.5) is 0 Å². The molecule has 0 saturated carbocycles. The minimum Gasteiger partial charge on any atom is -0.484 e. The molecule has 134 valence electrons. The van der Waals surface area contributed by atoms with Crippen molar-refractivity contribution in [2.75, 3.05) is 13.2 Å². The molecule has 2 N–H and O–H groups in total. The number of amides is 2. The van der Waals surface area contributed by atoms with Crippen molar-refractivity contribution in [2.45, 2.75) is 26.8 Å². The van der Waals surface area contributed by atoms with E-state index in [2.05, 4.69) is 15.7 Å². The van der Waals surface area contributed by atoms with Gasteiger partial charge in [-0.2, -0.15) is 5.10 Å². The Morgan fingerprint density at radius 2 is 2.12 bits per heavy atom. The van der Waals surface area contributed by atoms with Crippen molar-refractivity contribution in [1.82, 2.24) is 20.4 Å². The van der Waals surface area contributed by atoms with Gasteiger partial charge in [-0.1, -0.05) is 12.1 Å². The number of carbonyl (C=O) groups excluding carboxylic acids is 2. The van der Waals surface area contributed by atoms with Crippen LogP contribution in [0.2, 0.25) is 0 Å². The van der Waals surface area contributed by atoms with Crippen LogP contribution in [-0.2, 0) is 11.8 Å². The first kappa shape index (κ1) is 18.5. The molecule has 0 bridgehead atoms. The summed E-state index contributed by atoms with van der Waals surface area (Å²) in [6.07, 6.45) is 1.56. The molecule has 0 spiro atoms. The summed E-state index contributed by atoms with van der Waals surface area (Å²) < 4.78 is 7.15. The van der Waals surface area contributed by atoms with Crippen molar-refractivity contribution in [3.63, 3.8) is 0 Å². The number of nitrogens with zero attached hydrogens (tertiary/aromatic N) is 2. The van der Waals surface area contributed by atoms with E-state index in [0.29, 0.717) is 17.9 Å². The molecule has 25 heavy (non-hydrogen) atoms. The van der Waals surface area contributed by atoms with Gasteiger partial charge in [0.15, 0.2) is 6.61 Å². The zero-order valence-electron chi connectivity index (χ0n) is 15.0. The van der Waals surface area contributed by atoms with E-state index in [1.54, 1.807) is 24.0 Å². The van der Waals surface area contributed by atoms with E-state index in [1.165, 1.54) is 0 Å². The smallest absolute Gasteiger partial charge is 0.257 e. The van der Waals surface area contributed by atoms with Crippen LogP contribution < -0.4 is 15.4 Å². The third-order valence-electron chi connectivity index (χ3n) is 3.93. The molecule has 7 nitrogen and oxygen atoms in total. The van der Waals surface area contributed by atoms with Gasteiger partial charge in [-0.25, -0.2) is 0 Å². The third-order valence-corrected chi connectivity index (χ3v) is 3.93. The lowest BCUT2D eigenvalue weighted by Gasteiger charge is -2.15. The summed E-state index contributed by atoms with van der Waals surface area (Å²) in [4.78, 5) is 23.9. The fourth-order valence-electron chi connectivity index (χ4n) is 2.35. The zero-order valence-corrected chi connectivity index (χ0v) is 15.0. The molecule has 1 aromatic heterocycles. The van der Waals surface area contributed by atoms with Crippen molar-refractivity contribution in [1.29, 1.82) is 0 Å². The third kappa shape index (κ3) is 4.82. The van der Waals surface area contributed by atoms with Crippen LogP contribution >= 0.6 is 0 Å². The van der Waals surface area contributed by atoms with E-state index in [-0.39, 0.29) is 24.5 Å². The van der Waals surface area contributed by atoms with Crippen LogP contribution in [0.3, 0.4) is 0 Å². The molecule has 0 radical (unpaired) electrons. The number of rotatable bonds is 7. The largest absolute Gasteiger partial charge is 0.484 e. The van der Waals surface area contributed by atoms with Crippen molar-refractivity contribution < 1.29 is 14.3 Å². The maximum absolute atomic E-state index is 12.4. The van der Waals surface area contributed by atoms with E-state index in [1.807, 2.05) is 39.0 Å². The van der Waals surface area contributed by atoms with Gasteiger partial charge in [0.05, 0.1) is 17.8 Å². The second-order valence-electron chi connectivity index (χ2n) is 5.78. The highest BCUT2D eigenvalue weighted by Gasteiger charge is 2.16. The van der Waals surface area contributed by atoms with E-state index in [0.717, 1.165) is 11.3 Å². The van der Waals surface area contributed by atoms with Crippen molar-refractivity contribution in [3.05, 3.63) is 47.3 Å². The molecule has 0 aliphatic rings. The van der Waals surface area contributed by atoms with E-state index in [9.17, 15) is 9.59 Å². The molecule has 0 aliphatic carbocycles. The summed E-state index contributed by atoms with van der Waals surface area (Å²) in [5.41, 5.74) is 2.25. The number of benzene rings is 1. The Morgan fingerprint density at radius 1 is 1.36 bits per heavy atom. The number of likely N-dealkylation sites (N-methyl/N-ethyl adjacent to an activating group) is 1. The fourth-order valence-corrected chi connectivity index (χ4v) is 2.35. The second-order valence-corrected chi connectivity index (χ2v) is 5.78. The Balaban J connectivity index is 2.00. The highest BCUT2D eigenvalue weighted by molar-refractivity contribution is 5.95. The fraction of sp³-hybridized carbons (Fsp3) is 0.389. The van der Waals surface area contributed by atoms with Crippen molar-refractivity contribution >= 4 is 11.8 Å². The number of hydrogen-bond acceptors (Lipinski definition) is 4. The Bertz CT molecular complexity index is 755. The number of carbonyl (C=O) groups is 2. The van der Waals surface area contributed by atoms with Gasteiger partial charge in [0.2, 0.25) is 0 Å². The first-order valence-corrected chi connectivity index (χ1v) is 8.21. The first-order valence-electron chi connectivity index (χ1n) is 8.21. The molecule has 0 aliphatic heterocycles. The highest BCUT2D eigenvalue weighted by atomic mass is 16.5. The molecule has 2 rings (SSSR count). The molecule has 2 aromatic rings. The number of hydrogen-bond donors (Lipinski definition) is 2. The van der Waals surface area contributed by atoms with Crippen molar-refractivity contribution in [3.8, 4) is 5.75 Å². The van der Waals surface area contributed by atoms with E-state index < -0.39 is 0 Å². The van der Waals surface area contributed by atoms with Crippen LogP contribution in [-0.4, -0.2) is 34.7 Å². The average Bonchev–Trinajstić information content (AvgIpc) is 2.93. The minimum absolute atomic E-state index is 0.0348. The maximum Gasteiger partial charge on any atom is 0.257 e. The monoisotopic (exact) mass is 344 g/mol. The molecule has 0 fully saturated rings. The minimum atomic E-state index is -0.208. The first-order chi connectivity index (χ1) is 11.9. The van der Waals surface area contributed by atoms with Gasteiger partial charge in [0.1, 0.15) is 5.75 Å². The highest BCUT2D eigenvalue weighted by Crippen LogP contribution is 2.20. The normalized spacial score (nSPS) is 11.7. The van der Waals surface area contributed by atoms with E-state index in [4.69, 9.17) is 4.74 Å². The van der Waals surface area contributed by atoms with Gasteiger partial charge >= 0.3 is 0 Å². The molecule has 7 heteroatoms. The van der Waals surface area contributed by atoms with E-state index >= 15 is 0 Å². The standard InChI is InChI=1S/C18H24N4O3/c1-5-19-17(23)11-25-15-8-6-7-14(9-15)12(2)21-18(24)16-10-20-22(4)13(16)3/h6-10,12H,5,11H2,1-4H3,(H,19,23)(H,21,24). The number of aryl methyl sites for hydroxylation is 1. The number of ether oxygens (including phenoxy) is 1. The summed E-state index contributed by atoms with van der Waals surface area (Å²) in [6.45, 7) is 6.13. The van der Waals surface area contributed by atoms with Crippen molar-refractivity contribution in [2.24, 2.45) is 7.05 Å². The van der Waals surface area contributed by atoms with Crippen LogP contribution in [0.5, 0.6) is 5.75 Å². The molecule has 1 atom stereocenters. The summed E-state index contributed by atoms with van der Waals surface area (Å²) in [5, 5.41) is 9.71. The molecular formula is C18H24N4O3. The lowest BCUT2D eigenvalue weighted by Crippen LogP contribution is -2.28. The topological polar surface area (TPSA) is 85.2 Å². The summed E-state index contributed by atoms with van der Waals surface area (Å²) >= 11 is 0. The Kier molecular flexibility index (Phi) is 6.16. The van der Waals surface area contributed by atoms with Gasteiger partial charge < -0.3 is 15.4 Å². The SMILES string of the molecule is CCNC(=O)COc1cccc(C(C)NC(=O)c2cnn(C)c2C)c1. The van der Waals surface area contributed by atoms with Gasteiger partial charge in [-0.3, -0.25) is 14.3 Å². The lowest BCUT2D eigenvalue weighted by molar-refractivity contribution is -0.122. The maximum atomic E-state index is 12.4. The van der Waals surface area contributed by atoms with Crippen LogP contribution in [0.1, 0.15) is 41.5 Å². The molecule has 1 heterocycles. The number of aromatic nitrogens is 2. The Hall–Kier alpha value is -2.83. The second kappa shape index (κ2) is 8.32. The molecule has 2 amide bonds. The number of nitrogens with one attached hydrogen (secondary N) is 2. The molecule has 0 saturated heterocycles. The Labute approximate surface area is 147 Å². The molecule has 1 unspecified atom stereocenters.